The Morgan fingerprint density at radius 1 is 1.67 bits per heavy atom. The van der Waals surface area contributed by atoms with E-state index in [0.717, 1.165) is 0 Å². The highest BCUT2D eigenvalue weighted by atomic mass is 18.3. The van der Waals surface area contributed by atoms with E-state index in [9.17, 15) is 4.79 Å². The van der Waals surface area contributed by atoms with E-state index < -0.39 is 12.0 Å². The second-order valence-corrected chi connectivity index (χ2v) is 1.88. The fourth-order valence-corrected chi connectivity index (χ4v) is 0.461. The summed E-state index contributed by atoms with van der Waals surface area (Å²) in [6.07, 6.45) is 1.14. The summed E-state index contributed by atoms with van der Waals surface area (Å²) in [6, 6.07) is -0.742. The van der Waals surface area contributed by atoms with Gasteiger partial charge in [0.05, 0.1) is 0 Å². The first-order valence-corrected chi connectivity index (χ1v) is 2.87. The van der Waals surface area contributed by atoms with Crippen molar-refractivity contribution >= 4 is 5.97 Å². The van der Waals surface area contributed by atoms with Gasteiger partial charge in [-0.1, -0.05) is 0 Å². The fraction of sp³-hybridized carbons (Fsp3) is 0.800. The molecule has 0 saturated carbocycles. The van der Waals surface area contributed by atoms with Crippen molar-refractivity contribution < 1.29 is 9.90 Å². The number of carbonyl (C=O) groups is 1. The fourth-order valence-electron chi connectivity index (χ4n) is 0.461. The highest BCUT2D eigenvalue weighted by Gasteiger charge is 2.08. The van der Waals surface area contributed by atoms with Crippen LogP contribution in [-0.4, -0.2) is 23.7 Å². The molecule has 0 amide bonds. The van der Waals surface area contributed by atoms with Gasteiger partial charge >= 0.3 is 5.97 Å². The number of aliphatic carboxylic acids is 1. The van der Waals surface area contributed by atoms with E-state index in [1.54, 1.807) is 0 Å². The Labute approximate surface area is 53.8 Å². The molecule has 0 aliphatic rings. The second-order valence-electron chi connectivity index (χ2n) is 1.88. The predicted octanol–water partition coefficient (Wildman–Crippen LogP) is -0.863. The standard InChI is InChI=1S/C5H12N2O2/c6-3-1-2-4(7)5(8)9/h4H,1-3,6-7H2,(H,8,9)/i5+1,8+2,9+2. The number of carboxylic acid groups (broad SMARTS) is 1. The molecule has 1 unspecified atom stereocenters. The molecule has 1 atom stereocenters. The van der Waals surface area contributed by atoms with Gasteiger partial charge < -0.3 is 16.6 Å². The second kappa shape index (κ2) is 4.29. The lowest BCUT2D eigenvalue weighted by molar-refractivity contribution is -0.138. The molecule has 0 aromatic heterocycles. The normalized spacial score (nSPS) is 13.1. The minimum atomic E-state index is -0.955. The van der Waals surface area contributed by atoms with Gasteiger partial charge in [-0.3, -0.25) is 4.79 Å². The summed E-state index contributed by atoms with van der Waals surface area (Å²) in [6.45, 7) is 0.501. The van der Waals surface area contributed by atoms with Gasteiger partial charge in [-0.25, -0.2) is 0 Å². The number of rotatable bonds is 4. The molecule has 5 N–H and O–H groups in total. The SMILES string of the molecule is NCCCC(N)[13C](=[18O])[18OH]. The first-order valence-electron chi connectivity index (χ1n) is 2.87. The Bertz CT molecular complexity index is 95.0. The van der Waals surface area contributed by atoms with Gasteiger partial charge in [-0.05, 0) is 19.4 Å². The summed E-state index contributed by atoms with van der Waals surface area (Å²) in [5, 5.41) is 8.24. The lowest BCUT2D eigenvalue weighted by atomic mass is 10.2. The minimum absolute atomic E-state index is 0.464. The van der Waals surface area contributed by atoms with Gasteiger partial charge in [-0.15, -0.1) is 0 Å². The van der Waals surface area contributed by atoms with Crippen molar-refractivity contribution in [3.63, 3.8) is 0 Å². The van der Waals surface area contributed by atoms with Crippen molar-refractivity contribution in [2.24, 2.45) is 11.5 Å². The highest BCUT2D eigenvalue weighted by Crippen LogP contribution is 1.91. The van der Waals surface area contributed by atoms with Crippen molar-refractivity contribution in [3.8, 4) is 0 Å². The first kappa shape index (κ1) is 8.39. The van der Waals surface area contributed by atoms with E-state index in [4.69, 9.17) is 16.6 Å². The minimum Gasteiger partial charge on any atom is -0.480 e. The van der Waals surface area contributed by atoms with Crippen LogP contribution in [0.4, 0.5) is 0 Å². The third-order valence-corrected chi connectivity index (χ3v) is 1.04. The molecule has 0 bridgehead atoms. The van der Waals surface area contributed by atoms with Crippen molar-refractivity contribution in [2.45, 2.75) is 18.9 Å². The van der Waals surface area contributed by atoms with E-state index in [1.165, 1.54) is 0 Å². The Hall–Kier alpha value is -0.610. The first-order chi connectivity index (χ1) is 4.18. The zero-order valence-corrected chi connectivity index (χ0v) is 5.21. The van der Waals surface area contributed by atoms with Crippen molar-refractivity contribution in [1.82, 2.24) is 0 Å². The monoisotopic (exact) mass is 137 g/mol. The lowest BCUT2D eigenvalue weighted by Crippen LogP contribution is -2.30. The van der Waals surface area contributed by atoms with Crippen molar-refractivity contribution in [2.75, 3.05) is 6.54 Å². The molecule has 0 radical (unpaired) electrons. The molecule has 0 spiro atoms. The maximum atomic E-state index is 10.0. The van der Waals surface area contributed by atoms with Gasteiger partial charge in [0.25, 0.3) is 0 Å². The van der Waals surface area contributed by atoms with Crippen LogP contribution in [0, 0.1) is 0 Å². The Balaban J connectivity index is 3.27. The molecule has 0 aromatic carbocycles. The highest BCUT2D eigenvalue weighted by molar-refractivity contribution is 5.72. The molecular weight excluding hydrogens is 125 g/mol. The van der Waals surface area contributed by atoms with E-state index in [2.05, 4.69) is 0 Å². The van der Waals surface area contributed by atoms with Crippen molar-refractivity contribution in [3.05, 3.63) is 0 Å². The van der Waals surface area contributed by atoms with Crippen LogP contribution in [0.25, 0.3) is 0 Å². The number of nitrogens with two attached hydrogens (primary N) is 2. The molecular formula is C5H12N2O2. The average Bonchev–Trinajstić information content (AvgIpc) is 1.82. The van der Waals surface area contributed by atoms with Crippen LogP contribution in [0.15, 0.2) is 0 Å². The summed E-state index contributed by atoms with van der Waals surface area (Å²) in [4.78, 5) is 10.0. The van der Waals surface area contributed by atoms with E-state index in [0.29, 0.717) is 19.4 Å². The molecule has 0 aromatic rings. The largest absolute Gasteiger partial charge is 0.480 e. The molecule has 4 nitrogen and oxygen atoms in total. The number of hydrogen-bond donors (Lipinski definition) is 3. The third kappa shape index (κ3) is 3.93. The smallest absolute Gasteiger partial charge is 0.320 e. The van der Waals surface area contributed by atoms with Gasteiger partial charge in [0.2, 0.25) is 0 Å². The topological polar surface area (TPSA) is 89.3 Å². The van der Waals surface area contributed by atoms with Crippen LogP contribution < -0.4 is 11.5 Å². The van der Waals surface area contributed by atoms with Crippen LogP contribution in [-0.2, 0) is 4.79 Å². The molecule has 0 heterocycles. The summed E-state index contributed by atoms with van der Waals surface area (Å²) in [7, 11) is 0. The summed E-state index contributed by atoms with van der Waals surface area (Å²) in [5.41, 5.74) is 10.3. The van der Waals surface area contributed by atoms with Crippen LogP contribution >= 0.6 is 0 Å². The van der Waals surface area contributed by atoms with Gasteiger partial charge in [0.1, 0.15) is 6.04 Å². The van der Waals surface area contributed by atoms with Crippen LogP contribution in [0.3, 0.4) is 0 Å². The maximum absolute atomic E-state index is 10.0. The Morgan fingerprint density at radius 3 is 2.56 bits per heavy atom. The van der Waals surface area contributed by atoms with Gasteiger partial charge in [-0.2, -0.15) is 0 Å². The number of hydrogen-bond acceptors (Lipinski definition) is 3. The van der Waals surface area contributed by atoms with Crippen LogP contribution in [0.1, 0.15) is 12.8 Å². The summed E-state index contributed by atoms with van der Waals surface area (Å²) in [5.74, 6) is -0.955. The molecule has 0 saturated heterocycles. The lowest BCUT2D eigenvalue weighted by Gasteiger charge is -2.02. The van der Waals surface area contributed by atoms with Gasteiger partial charge in [0, 0.05) is 0 Å². The van der Waals surface area contributed by atoms with Crippen molar-refractivity contribution in [1.29, 1.82) is 0 Å². The molecule has 4 heteroatoms. The maximum Gasteiger partial charge on any atom is 0.320 e. The summed E-state index contributed by atoms with van der Waals surface area (Å²) < 4.78 is 0. The predicted molar refractivity (Wildman–Crippen MR) is 33.9 cm³/mol. The summed E-state index contributed by atoms with van der Waals surface area (Å²) >= 11 is 0. The van der Waals surface area contributed by atoms with Gasteiger partial charge in [0.15, 0.2) is 0 Å². The molecule has 0 aliphatic carbocycles. The molecule has 9 heavy (non-hydrogen) atoms. The molecule has 54 valence electrons. The number of carboxylic acids is 1. The van der Waals surface area contributed by atoms with E-state index in [-0.39, 0.29) is 0 Å². The molecule has 0 rings (SSSR count). The third-order valence-electron chi connectivity index (χ3n) is 1.04. The molecule has 0 fully saturated rings. The van der Waals surface area contributed by atoms with Crippen LogP contribution in [0.2, 0.25) is 0 Å². The quantitative estimate of drug-likeness (QED) is 0.347. The zero-order valence-electron chi connectivity index (χ0n) is 5.21. The molecule has 0 aliphatic heterocycles. The Morgan fingerprint density at radius 2 is 2.22 bits per heavy atom. The van der Waals surface area contributed by atoms with E-state index >= 15 is 0 Å². The van der Waals surface area contributed by atoms with E-state index in [1.807, 2.05) is 0 Å². The van der Waals surface area contributed by atoms with Crippen LogP contribution in [0.5, 0.6) is 0 Å². The zero-order chi connectivity index (χ0) is 7.28. The Kier molecular flexibility index (Phi) is 4.00. The average molecular weight is 137 g/mol.